The summed E-state index contributed by atoms with van der Waals surface area (Å²) in [4.78, 5) is 24.3. The van der Waals surface area contributed by atoms with Gasteiger partial charge in [0.2, 0.25) is 0 Å². The van der Waals surface area contributed by atoms with Crippen LogP contribution in [-0.4, -0.2) is 16.5 Å². The van der Waals surface area contributed by atoms with Crippen molar-refractivity contribution < 1.29 is 9.59 Å². The summed E-state index contributed by atoms with van der Waals surface area (Å²) in [6.07, 6.45) is 1.76. The summed E-state index contributed by atoms with van der Waals surface area (Å²) in [5.41, 5.74) is 3.03. The smallest absolute Gasteiger partial charge is 0.267 e. The third kappa shape index (κ3) is 1.53. The van der Waals surface area contributed by atoms with Gasteiger partial charge in [0, 0.05) is 22.7 Å². The van der Waals surface area contributed by atoms with Crippen molar-refractivity contribution in [2.24, 2.45) is 0 Å². The van der Waals surface area contributed by atoms with Crippen LogP contribution in [0.5, 0.6) is 0 Å². The molecule has 2 heterocycles. The molecule has 2 aromatic rings. The van der Waals surface area contributed by atoms with Crippen LogP contribution >= 0.6 is 0 Å². The first-order valence-corrected chi connectivity index (χ1v) is 6.15. The summed E-state index contributed by atoms with van der Waals surface area (Å²) >= 11 is 0. The predicted molar refractivity (Wildman–Crippen MR) is 73.3 cm³/mol. The molecule has 1 aromatic carbocycles. The van der Waals surface area contributed by atoms with Gasteiger partial charge in [0.15, 0.2) is 0 Å². The topological polar surface area (TPSA) is 42.3 Å². The van der Waals surface area contributed by atoms with E-state index in [2.05, 4.69) is 0 Å². The fraction of sp³-hybridized carbons (Fsp3) is 0.200. The van der Waals surface area contributed by atoms with Gasteiger partial charge in [-0.1, -0.05) is 11.6 Å². The Hall–Kier alpha value is -2.36. The number of aromatic nitrogens is 1. The molecule has 1 aromatic heterocycles. The maximum atomic E-state index is 12.2. The maximum absolute atomic E-state index is 12.2. The quantitative estimate of drug-likeness (QED) is 0.733. The van der Waals surface area contributed by atoms with Crippen LogP contribution in [0.15, 0.2) is 41.6 Å². The minimum atomic E-state index is -0.249. The van der Waals surface area contributed by atoms with Gasteiger partial charge in [0.05, 0.1) is 5.52 Å². The van der Waals surface area contributed by atoms with Gasteiger partial charge in [-0.15, -0.1) is 0 Å². The van der Waals surface area contributed by atoms with Crippen LogP contribution in [-0.2, 0) is 9.59 Å². The van der Waals surface area contributed by atoms with E-state index in [9.17, 15) is 9.59 Å². The van der Waals surface area contributed by atoms with Crippen LogP contribution in [0.3, 0.4) is 0 Å². The number of rotatable bonds is 1. The molecule has 0 fully saturated rings. The second-order valence-electron chi connectivity index (χ2n) is 4.89. The fourth-order valence-corrected chi connectivity index (χ4v) is 2.35. The van der Waals surface area contributed by atoms with E-state index in [4.69, 9.17) is 0 Å². The zero-order valence-corrected chi connectivity index (χ0v) is 11.1. The number of amides is 2. The summed E-state index contributed by atoms with van der Waals surface area (Å²) in [6.45, 7) is 5.38. The number of aryl methyl sites for hydroxylation is 1. The van der Waals surface area contributed by atoms with Crippen molar-refractivity contribution in [3.63, 3.8) is 0 Å². The van der Waals surface area contributed by atoms with Gasteiger partial charge in [-0.05, 0) is 39.0 Å². The number of carbonyl (C=O) groups is 2. The van der Waals surface area contributed by atoms with Gasteiger partial charge in [-0.25, -0.2) is 0 Å². The van der Waals surface area contributed by atoms with E-state index < -0.39 is 0 Å². The van der Waals surface area contributed by atoms with E-state index in [-0.39, 0.29) is 11.8 Å². The summed E-state index contributed by atoms with van der Waals surface area (Å²) in [5.74, 6) is -0.499. The molecular formula is C15H14N2O2. The minimum Gasteiger partial charge on any atom is -0.267 e. The molecule has 0 bridgehead atoms. The molecule has 0 unspecified atom stereocenters. The van der Waals surface area contributed by atoms with Gasteiger partial charge in [-0.3, -0.25) is 14.3 Å². The van der Waals surface area contributed by atoms with Crippen LogP contribution in [0.4, 0.5) is 0 Å². The largest absolute Gasteiger partial charge is 0.276 e. The third-order valence-corrected chi connectivity index (χ3v) is 3.63. The molecule has 4 nitrogen and oxygen atoms in total. The first-order chi connectivity index (χ1) is 9.00. The first-order valence-electron chi connectivity index (χ1n) is 6.15. The van der Waals surface area contributed by atoms with Crippen LogP contribution in [0.1, 0.15) is 19.4 Å². The average Bonchev–Trinajstić information content (AvgIpc) is 2.86. The van der Waals surface area contributed by atoms with Gasteiger partial charge < -0.3 is 0 Å². The first kappa shape index (κ1) is 11.7. The molecule has 0 aliphatic carbocycles. The van der Waals surface area contributed by atoms with E-state index in [1.165, 1.54) is 5.01 Å². The number of fused-ring (bicyclic) bond motifs is 1. The predicted octanol–water partition coefficient (Wildman–Crippen LogP) is 2.29. The Bertz CT molecular complexity index is 729. The highest BCUT2D eigenvalue weighted by Crippen LogP contribution is 2.23. The Morgan fingerprint density at radius 3 is 2.16 bits per heavy atom. The van der Waals surface area contributed by atoms with E-state index in [0.29, 0.717) is 11.1 Å². The highest BCUT2D eigenvalue weighted by molar-refractivity contribution is 6.28. The molecule has 0 atom stereocenters. The van der Waals surface area contributed by atoms with Crippen molar-refractivity contribution in [1.82, 2.24) is 4.68 Å². The van der Waals surface area contributed by atoms with Crippen molar-refractivity contribution in [2.75, 3.05) is 5.01 Å². The molecule has 0 saturated heterocycles. The Morgan fingerprint density at radius 2 is 1.53 bits per heavy atom. The number of hydrogen-bond acceptors (Lipinski definition) is 2. The molecule has 1 aliphatic rings. The monoisotopic (exact) mass is 254 g/mol. The van der Waals surface area contributed by atoms with Crippen molar-refractivity contribution in [3.8, 4) is 0 Å². The lowest BCUT2D eigenvalue weighted by molar-refractivity contribution is -0.122. The van der Waals surface area contributed by atoms with Crippen molar-refractivity contribution in [3.05, 3.63) is 47.2 Å². The van der Waals surface area contributed by atoms with Crippen LogP contribution in [0.25, 0.3) is 10.9 Å². The van der Waals surface area contributed by atoms with Crippen LogP contribution < -0.4 is 5.01 Å². The lowest BCUT2D eigenvalue weighted by Gasteiger charge is -2.17. The summed E-state index contributed by atoms with van der Waals surface area (Å²) < 4.78 is 1.62. The summed E-state index contributed by atoms with van der Waals surface area (Å²) in [5, 5.41) is 2.21. The molecule has 19 heavy (non-hydrogen) atoms. The average molecular weight is 254 g/mol. The van der Waals surface area contributed by atoms with Crippen LogP contribution in [0.2, 0.25) is 0 Å². The molecule has 3 rings (SSSR count). The molecule has 0 N–H and O–H groups in total. The number of hydrogen-bond donors (Lipinski definition) is 0. The second kappa shape index (κ2) is 3.82. The Morgan fingerprint density at radius 1 is 0.895 bits per heavy atom. The highest BCUT2D eigenvalue weighted by atomic mass is 16.2. The Balaban J connectivity index is 2.17. The number of imide groups is 1. The summed E-state index contributed by atoms with van der Waals surface area (Å²) in [6, 6.07) is 7.83. The van der Waals surface area contributed by atoms with Gasteiger partial charge in [0.1, 0.15) is 0 Å². The molecule has 1 aliphatic heterocycles. The maximum Gasteiger partial charge on any atom is 0.276 e. The molecule has 4 heteroatoms. The lowest BCUT2D eigenvalue weighted by atomic mass is 10.2. The number of benzene rings is 1. The van der Waals surface area contributed by atoms with Gasteiger partial charge in [0.25, 0.3) is 11.8 Å². The van der Waals surface area contributed by atoms with E-state index in [1.54, 1.807) is 24.7 Å². The Labute approximate surface area is 110 Å². The highest BCUT2D eigenvalue weighted by Gasteiger charge is 2.35. The van der Waals surface area contributed by atoms with E-state index >= 15 is 0 Å². The van der Waals surface area contributed by atoms with Crippen molar-refractivity contribution in [1.29, 1.82) is 0 Å². The molecule has 0 spiro atoms. The zero-order chi connectivity index (χ0) is 13.7. The summed E-state index contributed by atoms with van der Waals surface area (Å²) in [7, 11) is 0. The van der Waals surface area contributed by atoms with Crippen molar-refractivity contribution >= 4 is 22.7 Å². The second-order valence-corrected chi connectivity index (χ2v) is 4.89. The van der Waals surface area contributed by atoms with Crippen LogP contribution in [0, 0.1) is 6.92 Å². The van der Waals surface area contributed by atoms with E-state index in [1.807, 2.05) is 31.2 Å². The SMILES string of the molecule is CC1=C(C)C(=O)N(n2ccc3cc(C)ccc32)C1=O. The van der Waals surface area contributed by atoms with Gasteiger partial charge >= 0.3 is 0 Å². The molecular weight excluding hydrogens is 240 g/mol. The standard InChI is InChI=1S/C15H14N2O2/c1-9-4-5-13-12(8-9)6-7-16(13)17-14(18)10(2)11(3)15(17)19/h4-8H,1-3H3. The van der Waals surface area contributed by atoms with E-state index in [0.717, 1.165) is 16.5 Å². The minimum absolute atomic E-state index is 0.249. The number of nitrogens with zero attached hydrogens (tertiary/aromatic N) is 2. The molecule has 96 valence electrons. The molecule has 2 amide bonds. The molecule has 0 saturated carbocycles. The Kier molecular flexibility index (Phi) is 2.35. The molecule has 0 radical (unpaired) electrons. The third-order valence-electron chi connectivity index (χ3n) is 3.63. The van der Waals surface area contributed by atoms with Gasteiger partial charge in [-0.2, -0.15) is 5.01 Å². The number of carbonyl (C=O) groups excluding carboxylic acids is 2. The zero-order valence-electron chi connectivity index (χ0n) is 11.1. The lowest BCUT2D eigenvalue weighted by Crippen LogP contribution is -2.40. The normalized spacial score (nSPS) is 16.1. The fourth-order valence-electron chi connectivity index (χ4n) is 2.35. The van der Waals surface area contributed by atoms with Crippen molar-refractivity contribution in [2.45, 2.75) is 20.8 Å².